The van der Waals surface area contributed by atoms with Crippen LogP contribution in [0.2, 0.25) is 0 Å². The highest BCUT2D eigenvalue weighted by molar-refractivity contribution is 5.91. The molecule has 0 spiro atoms. The number of hydrogen-bond donors (Lipinski definition) is 1. The molecule has 0 saturated carbocycles. The first-order valence-electron chi connectivity index (χ1n) is 7.18. The van der Waals surface area contributed by atoms with E-state index in [2.05, 4.69) is 10.2 Å². The summed E-state index contributed by atoms with van der Waals surface area (Å²) in [4.78, 5) is 14.0. The number of amides is 1. The van der Waals surface area contributed by atoms with E-state index in [9.17, 15) is 4.79 Å². The van der Waals surface area contributed by atoms with Gasteiger partial charge in [0.15, 0.2) is 0 Å². The van der Waals surface area contributed by atoms with Gasteiger partial charge in [-0.15, -0.1) is 0 Å². The minimum Gasteiger partial charge on any atom is -0.497 e. The van der Waals surface area contributed by atoms with E-state index in [-0.39, 0.29) is 5.91 Å². The average Bonchev–Trinajstić information content (AvgIpc) is 2.54. The van der Waals surface area contributed by atoms with Gasteiger partial charge in [0.2, 0.25) is 5.91 Å². The third-order valence-electron chi connectivity index (χ3n) is 3.37. The highest BCUT2D eigenvalue weighted by atomic mass is 16.5. The molecule has 0 aromatic heterocycles. The van der Waals surface area contributed by atoms with Crippen molar-refractivity contribution in [2.45, 2.75) is 0 Å². The maximum absolute atomic E-state index is 11.7. The van der Waals surface area contributed by atoms with Gasteiger partial charge in [0.05, 0.1) is 20.3 Å². The van der Waals surface area contributed by atoms with E-state index in [0.717, 1.165) is 44.2 Å². The zero-order chi connectivity index (χ0) is 14.9. The molecule has 1 aliphatic rings. The minimum atomic E-state index is -0.0703. The van der Waals surface area contributed by atoms with Crippen LogP contribution in [0.15, 0.2) is 30.3 Å². The summed E-state index contributed by atoms with van der Waals surface area (Å²) < 4.78 is 10.4. The van der Waals surface area contributed by atoms with Gasteiger partial charge in [0.25, 0.3) is 0 Å². The van der Waals surface area contributed by atoms with Crippen LogP contribution in [0.1, 0.15) is 5.56 Å². The van der Waals surface area contributed by atoms with Crippen LogP contribution in [0.3, 0.4) is 0 Å². The summed E-state index contributed by atoms with van der Waals surface area (Å²) in [5.41, 5.74) is 0.971. The maximum Gasteiger partial charge on any atom is 0.244 e. The predicted octanol–water partition coefficient (Wildman–Crippen LogP) is 1.16. The van der Waals surface area contributed by atoms with E-state index < -0.39 is 0 Å². The van der Waals surface area contributed by atoms with Crippen LogP contribution in [-0.2, 0) is 9.53 Å². The fourth-order valence-corrected chi connectivity index (χ4v) is 2.11. The van der Waals surface area contributed by atoms with Gasteiger partial charge in [0.1, 0.15) is 5.75 Å². The molecule has 0 bridgehead atoms. The second kappa shape index (κ2) is 8.44. The van der Waals surface area contributed by atoms with Crippen LogP contribution in [-0.4, -0.2) is 57.3 Å². The average molecular weight is 290 g/mol. The standard InChI is InChI=1S/C16H22N2O3/c1-20-15-5-2-14(3-6-15)4-7-16(19)17-8-9-18-10-12-21-13-11-18/h2-7H,8-13H2,1H3,(H,17,19). The Kier molecular flexibility index (Phi) is 6.24. The van der Waals surface area contributed by atoms with Crippen LogP contribution in [0.4, 0.5) is 0 Å². The fourth-order valence-electron chi connectivity index (χ4n) is 2.11. The van der Waals surface area contributed by atoms with Gasteiger partial charge in [-0.2, -0.15) is 0 Å². The number of nitrogens with zero attached hydrogens (tertiary/aromatic N) is 1. The minimum absolute atomic E-state index is 0.0703. The molecule has 1 aromatic carbocycles. The summed E-state index contributed by atoms with van der Waals surface area (Å²) >= 11 is 0. The molecule has 1 aliphatic heterocycles. The largest absolute Gasteiger partial charge is 0.497 e. The Morgan fingerprint density at radius 3 is 2.71 bits per heavy atom. The van der Waals surface area contributed by atoms with Crippen LogP contribution < -0.4 is 10.1 Å². The summed E-state index contributed by atoms with van der Waals surface area (Å²) in [7, 11) is 1.63. The summed E-state index contributed by atoms with van der Waals surface area (Å²) in [6.07, 6.45) is 3.35. The molecule has 1 fully saturated rings. The molecule has 0 unspecified atom stereocenters. The van der Waals surface area contributed by atoms with E-state index in [0.29, 0.717) is 6.54 Å². The van der Waals surface area contributed by atoms with Gasteiger partial charge >= 0.3 is 0 Å². The topological polar surface area (TPSA) is 50.8 Å². The molecule has 5 nitrogen and oxygen atoms in total. The third-order valence-corrected chi connectivity index (χ3v) is 3.37. The lowest BCUT2D eigenvalue weighted by atomic mass is 10.2. The number of nitrogens with one attached hydrogen (secondary N) is 1. The zero-order valence-corrected chi connectivity index (χ0v) is 12.4. The molecule has 1 saturated heterocycles. The SMILES string of the molecule is COc1ccc(C=CC(=O)NCCN2CCOCC2)cc1. The first-order valence-corrected chi connectivity index (χ1v) is 7.18. The predicted molar refractivity (Wildman–Crippen MR) is 82.3 cm³/mol. The van der Waals surface area contributed by atoms with Crippen molar-refractivity contribution >= 4 is 12.0 Å². The summed E-state index contributed by atoms with van der Waals surface area (Å²) in [6.45, 7) is 4.98. The number of carbonyl (C=O) groups excluding carboxylic acids is 1. The van der Waals surface area contributed by atoms with Crippen molar-refractivity contribution in [3.63, 3.8) is 0 Å². The normalized spacial score (nSPS) is 16.0. The Hall–Kier alpha value is -1.85. The van der Waals surface area contributed by atoms with E-state index in [1.165, 1.54) is 0 Å². The molecular weight excluding hydrogens is 268 g/mol. The van der Waals surface area contributed by atoms with E-state index in [1.54, 1.807) is 19.3 Å². The summed E-state index contributed by atoms with van der Waals surface area (Å²) in [5.74, 6) is 0.737. The molecule has 5 heteroatoms. The van der Waals surface area contributed by atoms with Crippen LogP contribution >= 0.6 is 0 Å². The van der Waals surface area contributed by atoms with Crippen molar-refractivity contribution in [2.75, 3.05) is 46.5 Å². The van der Waals surface area contributed by atoms with Crippen LogP contribution in [0.25, 0.3) is 6.08 Å². The summed E-state index contributed by atoms with van der Waals surface area (Å²) in [5, 5.41) is 2.89. The molecule has 1 N–H and O–H groups in total. The van der Waals surface area contributed by atoms with Crippen molar-refractivity contribution in [3.05, 3.63) is 35.9 Å². The molecule has 0 atom stereocenters. The van der Waals surface area contributed by atoms with Gasteiger partial charge in [0, 0.05) is 32.3 Å². The molecule has 0 aliphatic carbocycles. The fraction of sp³-hybridized carbons (Fsp3) is 0.438. The Morgan fingerprint density at radius 2 is 2.05 bits per heavy atom. The number of benzene rings is 1. The molecule has 21 heavy (non-hydrogen) atoms. The number of ether oxygens (including phenoxy) is 2. The van der Waals surface area contributed by atoms with Crippen molar-refractivity contribution in [1.29, 1.82) is 0 Å². The van der Waals surface area contributed by atoms with Gasteiger partial charge in [-0.05, 0) is 23.8 Å². The number of methoxy groups -OCH3 is 1. The molecule has 2 rings (SSSR count). The second-order valence-corrected chi connectivity index (χ2v) is 4.85. The van der Waals surface area contributed by atoms with Crippen molar-refractivity contribution in [2.24, 2.45) is 0 Å². The van der Waals surface area contributed by atoms with Crippen molar-refractivity contribution < 1.29 is 14.3 Å². The van der Waals surface area contributed by atoms with Crippen LogP contribution in [0, 0.1) is 0 Å². The highest BCUT2D eigenvalue weighted by Gasteiger charge is 2.09. The van der Waals surface area contributed by atoms with Gasteiger partial charge in [-0.25, -0.2) is 0 Å². The van der Waals surface area contributed by atoms with Crippen molar-refractivity contribution in [1.82, 2.24) is 10.2 Å². The first-order chi connectivity index (χ1) is 10.3. The lowest BCUT2D eigenvalue weighted by Crippen LogP contribution is -2.41. The number of rotatable bonds is 6. The quantitative estimate of drug-likeness (QED) is 0.799. The van der Waals surface area contributed by atoms with Gasteiger partial charge in [-0.3, -0.25) is 9.69 Å². The smallest absolute Gasteiger partial charge is 0.244 e. The second-order valence-electron chi connectivity index (χ2n) is 4.85. The zero-order valence-electron chi connectivity index (χ0n) is 12.4. The van der Waals surface area contributed by atoms with Gasteiger partial charge < -0.3 is 14.8 Å². The maximum atomic E-state index is 11.7. The molecular formula is C16H22N2O3. The Morgan fingerprint density at radius 1 is 1.33 bits per heavy atom. The summed E-state index contributed by atoms with van der Waals surface area (Å²) in [6, 6.07) is 7.57. The van der Waals surface area contributed by atoms with Gasteiger partial charge in [-0.1, -0.05) is 12.1 Å². The van der Waals surface area contributed by atoms with E-state index >= 15 is 0 Å². The molecule has 0 radical (unpaired) electrons. The first kappa shape index (κ1) is 15.5. The Labute approximate surface area is 125 Å². The molecule has 1 heterocycles. The molecule has 1 aromatic rings. The molecule has 1 amide bonds. The number of carbonyl (C=O) groups is 1. The lowest BCUT2D eigenvalue weighted by Gasteiger charge is -2.26. The van der Waals surface area contributed by atoms with Crippen LogP contribution in [0.5, 0.6) is 5.75 Å². The number of morpholine rings is 1. The highest BCUT2D eigenvalue weighted by Crippen LogP contribution is 2.12. The Bertz CT molecular complexity index is 465. The van der Waals surface area contributed by atoms with Crippen molar-refractivity contribution in [3.8, 4) is 5.75 Å². The number of hydrogen-bond acceptors (Lipinski definition) is 4. The third kappa shape index (κ3) is 5.57. The lowest BCUT2D eigenvalue weighted by molar-refractivity contribution is -0.116. The van der Waals surface area contributed by atoms with E-state index in [4.69, 9.17) is 9.47 Å². The Balaban J connectivity index is 1.69. The molecule has 114 valence electrons. The monoisotopic (exact) mass is 290 g/mol. The van der Waals surface area contributed by atoms with E-state index in [1.807, 2.05) is 24.3 Å².